The van der Waals surface area contributed by atoms with E-state index < -0.39 is 17.3 Å². The second kappa shape index (κ2) is 5.83. The van der Waals surface area contributed by atoms with Gasteiger partial charge in [0.05, 0.1) is 11.2 Å². The number of carbonyl (C=O) groups excluding carboxylic acids is 1. The average Bonchev–Trinajstić information content (AvgIpc) is 2.33. The van der Waals surface area contributed by atoms with Crippen molar-refractivity contribution < 1.29 is 23.1 Å². The van der Waals surface area contributed by atoms with Gasteiger partial charge in [-0.25, -0.2) is 0 Å². The number of nitrogens with zero attached hydrogens (tertiary/aromatic N) is 1. The summed E-state index contributed by atoms with van der Waals surface area (Å²) in [6, 6.07) is 3.43. The Kier molecular flexibility index (Phi) is 4.81. The van der Waals surface area contributed by atoms with Crippen molar-refractivity contribution in [3.8, 4) is 0 Å². The average molecular weight is 289 g/mol. The van der Waals surface area contributed by atoms with Gasteiger partial charge in [-0.3, -0.25) is 4.79 Å². The molecule has 0 aliphatic carbocycles. The Morgan fingerprint density at radius 1 is 1.30 bits per heavy atom. The highest BCUT2D eigenvalue weighted by atomic mass is 19.4. The Morgan fingerprint density at radius 2 is 1.90 bits per heavy atom. The summed E-state index contributed by atoms with van der Waals surface area (Å²) in [6.07, 6.45) is -4.17. The zero-order chi connectivity index (χ0) is 15.6. The maximum Gasteiger partial charge on any atom is 0.418 e. The summed E-state index contributed by atoms with van der Waals surface area (Å²) in [6.45, 7) is 5.14. The second-order valence-electron chi connectivity index (χ2n) is 5.22. The largest absolute Gasteiger partial charge is 0.418 e. The van der Waals surface area contributed by atoms with Gasteiger partial charge in [0.1, 0.15) is 6.29 Å². The van der Waals surface area contributed by atoms with Gasteiger partial charge in [0, 0.05) is 24.3 Å². The lowest BCUT2D eigenvalue weighted by Crippen LogP contribution is -2.39. The maximum absolute atomic E-state index is 13.1. The van der Waals surface area contributed by atoms with Crippen LogP contribution in [0.5, 0.6) is 0 Å². The standard InChI is InChI=1S/C14H18F3NO2/c1-4-18(9-13(2,3)20)12-6-5-10(8-19)7-11(12)14(15,16)17/h5-8,20H,4,9H2,1-3H3. The van der Waals surface area contributed by atoms with Crippen molar-refractivity contribution in [1.82, 2.24) is 0 Å². The fourth-order valence-electron chi connectivity index (χ4n) is 1.96. The van der Waals surface area contributed by atoms with E-state index in [4.69, 9.17) is 0 Å². The summed E-state index contributed by atoms with van der Waals surface area (Å²) in [5, 5.41) is 9.80. The minimum atomic E-state index is -4.55. The number of anilines is 1. The van der Waals surface area contributed by atoms with E-state index >= 15 is 0 Å². The van der Waals surface area contributed by atoms with Crippen LogP contribution in [0.3, 0.4) is 0 Å². The predicted molar refractivity (Wildman–Crippen MR) is 71.0 cm³/mol. The first-order valence-corrected chi connectivity index (χ1v) is 6.22. The van der Waals surface area contributed by atoms with Crippen molar-refractivity contribution in [3.63, 3.8) is 0 Å². The van der Waals surface area contributed by atoms with Crippen molar-refractivity contribution in [2.45, 2.75) is 32.5 Å². The molecule has 0 saturated heterocycles. The number of alkyl halides is 3. The second-order valence-corrected chi connectivity index (χ2v) is 5.22. The highest BCUT2D eigenvalue weighted by Crippen LogP contribution is 2.37. The fraction of sp³-hybridized carbons (Fsp3) is 0.500. The number of hydrogen-bond donors (Lipinski definition) is 1. The van der Waals surface area contributed by atoms with Gasteiger partial charge in [-0.2, -0.15) is 13.2 Å². The molecular formula is C14H18F3NO2. The SMILES string of the molecule is CCN(CC(C)(C)O)c1ccc(C=O)cc1C(F)(F)F. The van der Waals surface area contributed by atoms with Gasteiger partial charge in [0.2, 0.25) is 0 Å². The van der Waals surface area contributed by atoms with Crippen LogP contribution in [-0.2, 0) is 6.18 Å². The van der Waals surface area contributed by atoms with E-state index in [2.05, 4.69) is 0 Å². The topological polar surface area (TPSA) is 40.5 Å². The van der Waals surface area contributed by atoms with Crippen LogP contribution in [0.15, 0.2) is 18.2 Å². The molecule has 0 aliphatic heterocycles. The minimum Gasteiger partial charge on any atom is -0.389 e. The maximum atomic E-state index is 13.1. The Labute approximate surface area is 116 Å². The third-order valence-corrected chi connectivity index (χ3v) is 2.76. The smallest absolute Gasteiger partial charge is 0.389 e. The van der Waals surface area contributed by atoms with Crippen molar-refractivity contribution in [3.05, 3.63) is 29.3 Å². The van der Waals surface area contributed by atoms with Gasteiger partial charge >= 0.3 is 6.18 Å². The third-order valence-electron chi connectivity index (χ3n) is 2.76. The minimum absolute atomic E-state index is 0.0274. The van der Waals surface area contributed by atoms with Gasteiger partial charge < -0.3 is 10.0 Å². The van der Waals surface area contributed by atoms with E-state index in [0.717, 1.165) is 6.07 Å². The molecule has 1 rings (SSSR count). The monoisotopic (exact) mass is 289 g/mol. The molecule has 0 saturated carbocycles. The molecule has 0 bridgehead atoms. The molecular weight excluding hydrogens is 271 g/mol. The normalized spacial score (nSPS) is 12.3. The molecule has 6 heteroatoms. The number of aldehydes is 1. The lowest BCUT2D eigenvalue weighted by molar-refractivity contribution is -0.137. The van der Waals surface area contributed by atoms with E-state index in [0.29, 0.717) is 12.8 Å². The molecule has 1 aromatic carbocycles. The summed E-state index contributed by atoms with van der Waals surface area (Å²) < 4.78 is 39.3. The third kappa shape index (κ3) is 4.23. The van der Waals surface area contributed by atoms with E-state index in [1.54, 1.807) is 6.92 Å². The van der Waals surface area contributed by atoms with Gasteiger partial charge in [-0.1, -0.05) is 0 Å². The van der Waals surface area contributed by atoms with Crippen molar-refractivity contribution in [2.75, 3.05) is 18.0 Å². The molecule has 3 nitrogen and oxygen atoms in total. The van der Waals surface area contributed by atoms with E-state index in [1.165, 1.54) is 30.9 Å². The van der Waals surface area contributed by atoms with Gasteiger partial charge in [-0.05, 0) is 39.0 Å². The van der Waals surface area contributed by atoms with E-state index in [1.807, 2.05) is 0 Å². The van der Waals surface area contributed by atoms with Gasteiger partial charge in [-0.15, -0.1) is 0 Å². The number of likely N-dealkylation sites (N-methyl/N-ethyl adjacent to an activating group) is 1. The molecule has 0 amide bonds. The molecule has 0 radical (unpaired) electrons. The molecule has 0 heterocycles. The number of hydrogen-bond acceptors (Lipinski definition) is 3. The fourth-order valence-corrected chi connectivity index (χ4v) is 1.96. The molecule has 112 valence electrons. The number of benzene rings is 1. The van der Waals surface area contributed by atoms with Crippen LogP contribution in [-0.4, -0.2) is 30.1 Å². The number of aliphatic hydroxyl groups is 1. The summed E-state index contributed by atoms with van der Waals surface area (Å²) in [7, 11) is 0. The molecule has 0 fully saturated rings. The molecule has 0 aliphatic rings. The van der Waals surface area contributed by atoms with Crippen LogP contribution in [0.1, 0.15) is 36.7 Å². The number of halogens is 3. The predicted octanol–water partition coefficient (Wildman–Crippen LogP) is 3.12. The first-order chi connectivity index (χ1) is 9.08. The van der Waals surface area contributed by atoms with Crippen molar-refractivity contribution in [1.29, 1.82) is 0 Å². The molecule has 0 atom stereocenters. The highest BCUT2D eigenvalue weighted by Gasteiger charge is 2.35. The molecule has 1 aromatic rings. The quantitative estimate of drug-likeness (QED) is 0.847. The van der Waals surface area contributed by atoms with E-state index in [-0.39, 0.29) is 17.8 Å². The molecule has 0 unspecified atom stereocenters. The summed E-state index contributed by atoms with van der Waals surface area (Å²) in [5.41, 5.74) is -2.05. The summed E-state index contributed by atoms with van der Waals surface area (Å²) >= 11 is 0. The Hall–Kier alpha value is -1.56. The molecule has 0 spiro atoms. The van der Waals surface area contributed by atoms with Crippen molar-refractivity contribution in [2.24, 2.45) is 0 Å². The lowest BCUT2D eigenvalue weighted by Gasteiger charge is -2.31. The summed E-state index contributed by atoms with van der Waals surface area (Å²) in [4.78, 5) is 12.1. The number of carbonyl (C=O) groups is 1. The van der Waals surface area contributed by atoms with Crippen LogP contribution < -0.4 is 4.90 Å². The number of rotatable bonds is 5. The van der Waals surface area contributed by atoms with Crippen LogP contribution in [0.25, 0.3) is 0 Å². The van der Waals surface area contributed by atoms with Gasteiger partial charge in [0.15, 0.2) is 0 Å². The zero-order valence-electron chi connectivity index (χ0n) is 11.7. The first-order valence-electron chi connectivity index (χ1n) is 6.22. The summed E-state index contributed by atoms with van der Waals surface area (Å²) in [5.74, 6) is 0. The Bertz CT molecular complexity index is 478. The highest BCUT2D eigenvalue weighted by molar-refractivity contribution is 5.77. The van der Waals surface area contributed by atoms with Crippen LogP contribution >= 0.6 is 0 Å². The van der Waals surface area contributed by atoms with E-state index in [9.17, 15) is 23.1 Å². The lowest BCUT2D eigenvalue weighted by atomic mass is 10.0. The van der Waals surface area contributed by atoms with Crippen molar-refractivity contribution >= 4 is 12.0 Å². The van der Waals surface area contributed by atoms with Crippen LogP contribution in [0.2, 0.25) is 0 Å². The van der Waals surface area contributed by atoms with Gasteiger partial charge in [0.25, 0.3) is 0 Å². The molecule has 0 aromatic heterocycles. The van der Waals surface area contributed by atoms with Crippen LogP contribution in [0, 0.1) is 0 Å². The van der Waals surface area contributed by atoms with Crippen LogP contribution in [0.4, 0.5) is 18.9 Å². The Morgan fingerprint density at radius 3 is 2.30 bits per heavy atom. The Balaban J connectivity index is 3.31. The molecule has 1 N–H and O–H groups in total. The zero-order valence-corrected chi connectivity index (χ0v) is 11.7. The first kappa shape index (κ1) is 16.5. The molecule has 20 heavy (non-hydrogen) atoms.